The van der Waals surface area contributed by atoms with Crippen LogP contribution in [0.15, 0.2) is 90.1 Å². The summed E-state index contributed by atoms with van der Waals surface area (Å²) in [4.78, 5) is 37.2. The average Bonchev–Trinajstić information content (AvgIpc) is 4.02. The number of hydrogen-bond acceptors (Lipinski definition) is 11. The number of esters is 2. The van der Waals surface area contributed by atoms with Gasteiger partial charge in [0.1, 0.15) is 28.8 Å². The molecule has 1 fully saturated rings. The SMILES string of the molecule is CN(C)CCOC(=O)C(NS(=O)(=O)c1cccc(C(=O)O[C@@H](Cc2c(Cl)c[n+]([O-])cc2Cl)c2ccc(OC(F)F)c(OCC3CC3)c2)c1)c1ccccc1.O=C(O)C(F)(F)F. The number of carboxylic acids is 1. The first-order valence-corrected chi connectivity index (χ1v) is 20.2. The number of rotatable bonds is 18. The number of nitrogens with one attached hydrogen (secondary N) is 1. The number of aromatic nitrogens is 1. The molecular weight excluding hydrogens is 884 g/mol. The number of nitrogens with zero attached hydrogens (tertiary/aromatic N) is 2. The number of likely N-dealkylation sites (N-methyl/N-ethyl adjacent to an activating group) is 1. The van der Waals surface area contributed by atoms with Gasteiger partial charge in [-0.2, -0.15) is 31.4 Å². The minimum absolute atomic E-state index is 0.0178. The van der Waals surface area contributed by atoms with Gasteiger partial charge in [-0.25, -0.2) is 22.8 Å². The Kier molecular flexibility index (Phi) is 17.0. The van der Waals surface area contributed by atoms with Gasteiger partial charge in [-0.05, 0) is 74.3 Å². The molecular formula is C39H38Cl2F5N3O11S. The number of carbonyl (C=O) groups is 3. The zero-order valence-corrected chi connectivity index (χ0v) is 34.4. The molecule has 1 aliphatic rings. The van der Waals surface area contributed by atoms with Gasteiger partial charge >= 0.3 is 30.7 Å². The maximum absolute atomic E-state index is 13.8. The Morgan fingerprint density at radius 3 is 2.16 bits per heavy atom. The number of alkyl halides is 5. The largest absolute Gasteiger partial charge is 0.619 e. The van der Waals surface area contributed by atoms with Gasteiger partial charge in [0.25, 0.3) is 0 Å². The van der Waals surface area contributed by atoms with Crippen molar-refractivity contribution in [2.75, 3.05) is 33.9 Å². The molecule has 0 aliphatic heterocycles. The Morgan fingerprint density at radius 2 is 1.59 bits per heavy atom. The van der Waals surface area contributed by atoms with E-state index in [2.05, 4.69) is 9.46 Å². The Morgan fingerprint density at radius 1 is 0.951 bits per heavy atom. The Balaban J connectivity index is 0.00000107. The van der Waals surface area contributed by atoms with Crippen LogP contribution in [0, 0.1) is 11.1 Å². The number of carboxylic acid groups (broad SMARTS) is 1. The van der Waals surface area contributed by atoms with E-state index in [4.69, 9.17) is 47.3 Å². The maximum Gasteiger partial charge on any atom is 0.490 e. The Bertz CT molecular complexity index is 2250. The quantitative estimate of drug-likeness (QED) is 0.0456. The number of aliphatic carboxylic acids is 1. The van der Waals surface area contributed by atoms with E-state index in [1.165, 1.54) is 36.4 Å². The molecule has 1 aliphatic carbocycles. The van der Waals surface area contributed by atoms with Gasteiger partial charge in [-0.3, -0.25) is 0 Å². The van der Waals surface area contributed by atoms with E-state index in [0.29, 0.717) is 16.8 Å². The molecule has 330 valence electrons. The van der Waals surface area contributed by atoms with Crippen LogP contribution in [-0.4, -0.2) is 83.0 Å². The molecule has 0 radical (unpaired) electrons. The summed E-state index contributed by atoms with van der Waals surface area (Å²) in [5, 5.41) is 19.0. The number of benzene rings is 3. The second kappa shape index (κ2) is 21.5. The van der Waals surface area contributed by atoms with Crippen LogP contribution >= 0.6 is 23.2 Å². The predicted molar refractivity (Wildman–Crippen MR) is 208 cm³/mol. The van der Waals surface area contributed by atoms with E-state index in [9.17, 15) is 45.2 Å². The van der Waals surface area contributed by atoms with E-state index in [1.807, 2.05) is 0 Å². The van der Waals surface area contributed by atoms with Crippen molar-refractivity contribution in [1.82, 2.24) is 9.62 Å². The molecule has 0 bridgehead atoms. The predicted octanol–water partition coefficient (Wildman–Crippen LogP) is 6.92. The first-order chi connectivity index (χ1) is 28.6. The third-order valence-electron chi connectivity index (χ3n) is 8.47. The van der Waals surface area contributed by atoms with Crippen molar-refractivity contribution in [3.05, 3.63) is 123 Å². The van der Waals surface area contributed by atoms with E-state index >= 15 is 0 Å². The number of sulfonamides is 1. The van der Waals surface area contributed by atoms with E-state index in [-0.39, 0.29) is 68.7 Å². The van der Waals surface area contributed by atoms with Crippen LogP contribution in [0.4, 0.5) is 22.0 Å². The second-order valence-electron chi connectivity index (χ2n) is 13.5. The van der Waals surface area contributed by atoms with Crippen molar-refractivity contribution >= 4 is 51.1 Å². The minimum atomic E-state index is -5.08. The highest BCUT2D eigenvalue weighted by molar-refractivity contribution is 7.89. The van der Waals surface area contributed by atoms with Crippen LogP contribution in [0.2, 0.25) is 10.0 Å². The molecule has 3 aromatic carbocycles. The lowest BCUT2D eigenvalue weighted by Crippen LogP contribution is -2.36. The number of carbonyl (C=O) groups excluding carboxylic acids is 2. The molecule has 0 spiro atoms. The van der Waals surface area contributed by atoms with Crippen LogP contribution in [0.3, 0.4) is 0 Å². The summed E-state index contributed by atoms with van der Waals surface area (Å²) < 4.78 is 110. The first kappa shape index (κ1) is 48.4. The third-order valence-corrected chi connectivity index (χ3v) is 10.5. The molecule has 1 heterocycles. The number of halogens is 7. The van der Waals surface area contributed by atoms with Gasteiger partial charge < -0.3 is 34.2 Å². The topological polar surface area (TPSA) is 185 Å². The molecule has 1 aromatic heterocycles. The number of hydrogen-bond donors (Lipinski definition) is 2. The molecule has 14 nitrogen and oxygen atoms in total. The van der Waals surface area contributed by atoms with Gasteiger partial charge in [0.2, 0.25) is 10.0 Å². The van der Waals surface area contributed by atoms with Crippen LogP contribution < -0.4 is 18.9 Å². The molecule has 5 rings (SSSR count). The highest BCUT2D eigenvalue weighted by Gasteiger charge is 2.38. The molecule has 22 heteroatoms. The molecule has 4 aromatic rings. The summed E-state index contributed by atoms with van der Waals surface area (Å²) in [6.45, 7) is -2.45. The fourth-order valence-corrected chi connectivity index (χ4v) is 7.00. The molecule has 1 saturated carbocycles. The van der Waals surface area contributed by atoms with Crippen molar-refractivity contribution in [2.24, 2.45) is 5.92 Å². The summed E-state index contributed by atoms with van der Waals surface area (Å²) in [5.74, 6) is -4.55. The number of ether oxygens (including phenoxy) is 4. The van der Waals surface area contributed by atoms with Crippen molar-refractivity contribution < 1.29 is 73.5 Å². The van der Waals surface area contributed by atoms with Crippen LogP contribution in [-0.2, 0) is 35.5 Å². The molecule has 61 heavy (non-hydrogen) atoms. The summed E-state index contributed by atoms with van der Waals surface area (Å²) in [6.07, 6.45) is -2.50. The normalized spacial score (nSPS) is 13.8. The molecule has 1 unspecified atom stereocenters. The van der Waals surface area contributed by atoms with Crippen LogP contribution in [0.1, 0.15) is 52.0 Å². The summed E-state index contributed by atoms with van der Waals surface area (Å²) >= 11 is 12.7. The van der Waals surface area contributed by atoms with Gasteiger partial charge in [0.05, 0.1) is 17.1 Å². The fourth-order valence-electron chi connectivity index (χ4n) is 5.18. The van der Waals surface area contributed by atoms with Crippen molar-refractivity contribution in [3.8, 4) is 11.5 Å². The minimum Gasteiger partial charge on any atom is -0.619 e. The Hall–Kier alpha value is -5.28. The lowest BCUT2D eigenvalue weighted by atomic mass is 10.0. The van der Waals surface area contributed by atoms with Crippen LogP contribution in [0.5, 0.6) is 11.5 Å². The monoisotopic (exact) mass is 921 g/mol. The van der Waals surface area contributed by atoms with Gasteiger partial charge in [0.15, 0.2) is 23.9 Å². The third kappa shape index (κ3) is 15.0. The van der Waals surface area contributed by atoms with Gasteiger partial charge in [0, 0.05) is 18.5 Å². The van der Waals surface area contributed by atoms with Gasteiger partial charge in [-0.15, -0.1) is 0 Å². The lowest BCUT2D eigenvalue weighted by molar-refractivity contribution is -0.605. The molecule has 2 atom stereocenters. The van der Waals surface area contributed by atoms with E-state index in [0.717, 1.165) is 31.3 Å². The molecule has 0 amide bonds. The molecule has 2 N–H and O–H groups in total. The van der Waals surface area contributed by atoms with E-state index in [1.54, 1.807) is 49.3 Å². The number of pyridine rings is 1. The summed E-state index contributed by atoms with van der Waals surface area (Å²) in [5.41, 5.74) is 0.658. The summed E-state index contributed by atoms with van der Waals surface area (Å²) in [6, 6.07) is 15.7. The maximum atomic E-state index is 13.8. The zero-order valence-electron chi connectivity index (χ0n) is 32.1. The smallest absolute Gasteiger partial charge is 0.490 e. The average molecular weight is 923 g/mol. The van der Waals surface area contributed by atoms with Crippen molar-refractivity contribution in [3.63, 3.8) is 0 Å². The lowest BCUT2D eigenvalue weighted by Gasteiger charge is -2.22. The highest BCUT2D eigenvalue weighted by Crippen LogP contribution is 2.38. The highest BCUT2D eigenvalue weighted by atomic mass is 35.5. The Labute approximate surface area is 356 Å². The second-order valence-corrected chi connectivity index (χ2v) is 16.0. The van der Waals surface area contributed by atoms with Crippen molar-refractivity contribution in [1.29, 1.82) is 0 Å². The zero-order chi connectivity index (χ0) is 45.1. The standard InChI is InChI=1S/C37H37Cl2F2N3O9S.C2HF3O2/c1-43(2)15-16-50-36(46)34(24-7-4-3-5-8-24)42-54(48,49)27-10-6-9-26(17-27)35(45)52-32(19-28-29(38)20-44(47)21-30(28)39)25-13-14-31(53-37(40)41)33(18-25)51-22-23-11-12-23;3-2(4,5)1(6)7/h3-10,13-14,17-18,20-21,23,32,34,37,42H,11-12,15-16,19,22H2,1-2H3;(H,6,7)/t32-,34?;/m0./s1. The van der Waals surface area contributed by atoms with Gasteiger partial charge in [-0.1, -0.05) is 65.7 Å². The van der Waals surface area contributed by atoms with Crippen molar-refractivity contribution in [2.45, 2.75) is 49.1 Å². The summed E-state index contributed by atoms with van der Waals surface area (Å²) in [7, 11) is -0.861. The molecule has 0 saturated heterocycles. The van der Waals surface area contributed by atoms with Crippen LogP contribution in [0.25, 0.3) is 0 Å². The van der Waals surface area contributed by atoms with E-state index < -0.39 is 52.9 Å². The fraction of sp³-hybridized carbons (Fsp3) is 0.333. The first-order valence-electron chi connectivity index (χ1n) is 17.9.